The van der Waals surface area contributed by atoms with Gasteiger partial charge < -0.3 is 25.6 Å². The summed E-state index contributed by atoms with van der Waals surface area (Å²) in [5.74, 6) is -9.10. The van der Waals surface area contributed by atoms with Gasteiger partial charge in [0.25, 0.3) is 5.92 Å². The quantitative estimate of drug-likeness (QED) is 0.442. The van der Waals surface area contributed by atoms with E-state index in [1.807, 2.05) is 48.5 Å². The first-order chi connectivity index (χ1) is 16.2. The fourth-order valence-electron chi connectivity index (χ4n) is 4.41. The highest BCUT2D eigenvalue weighted by atomic mass is 19.3. The lowest BCUT2D eigenvalue weighted by Gasteiger charge is -2.16. The number of rotatable bonds is 9. The van der Waals surface area contributed by atoms with Crippen molar-refractivity contribution < 1.29 is 38.1 Å². The highest BCUT2D eigenvalue weighted by Gasteiger charge is 2.72. The predicted molar refractivity (Wildman–Crippen MR) is 116 cm³/mol. The van der Waals surface area contributed by atoms with E-state index in [2.05, 4.69) is 10.6 Å². The lowest BCUT2D eigenvalue weighted by molar-refractivity contribution is -0.141. The number of alkyl halides is 2. The molecule has 2 aliphatic rings. The number of carboxylic acid groups (broad SMARTS) is 1. The Morgan fingerprint density at radius 2 is 1.59 bits per heavy atom. The normalized spacial score (nSPS) is 20.6. The molecule has 2 aromatic rings. The Kier molecular flexibility index (Phi) is 6.52. The molecule has 1 saturated carbocycles. The summed E-state index contributed by atoms with van der Waals surface area (Å²) in [6.07, 6.45) is -2.47. The van der Waals surface area contributed by atoms with Gasteiger partial charge in [-0.25, -0.2) is 13.6 Å². The van der Waals surface area contributed by atoms with Crippen LogP contribution in [0.1, 0.15) is 23.5 Å². The van der Waals surface area contributed by atoms with Gasteiger partial charge in [-0.05, 0) is 22.3 Å². The lowest BCUT2D eigenvalue weighted by atomic mass is 9.98. The van der Waals surface area contributed by atoms with Crippen molar-refractivity contribution in [2.24, 2.45) is 11.8 Å². The molecule has 1 unspecified atom stereocenters. The predicted octanol–water partition coefficient (Wildman–Crippen LogP) is 2.36. The van der Waals surface area contributed by atoms with Gasteiger partial charge in [-0.15, -0.1) is 0 Å². The minimum absolute atomic E-state index is 0.0940. The fraction of sp³-hybridized carbons (Fsp3) is 0.375. The Morgan fingerprint density at radius 1 is 1.00 bits per heavy atom. The Bertz CT molecular complexity index is 1060. The van der Waals surface area contributed by atoms with Crippen LogP contribution in [-0.4, -0.2) is 59.9 Å². The molecule has 8 nitrogen and oxygen atoms in total. The number of aliphatic hydroxyl groups is 1. The first kappa shape index (κ1) is 23.6. The van der Waals surface area contributed by atoms with Crippen LogP contribution in [0, 0.1) is 11.8 Å². The molecule has 34 heavy (non-hydrogen) atoms. The molecule has 2 amide bonds. The number of aliphatic hydroxyl groups excluding tert-OH is 1. The monoisotopic (exact) mass is 474 g/mol. The van der Waals surface area contributed by atoms with Gasteiger partial charge in [0.2, 0.25) is 5.91 Å². The topological polar surface area (TPSA) is 125 Å². The number of halogens is 2. The summed E-state index contributed by atoms with van der Waals surface area (Å²) in [4.78, 5) is 34.7. The highest BCUT2D eigenvalue weighted by molar-refractivity contribution is 5.79. The number of carbonyl (C=O) groups is 3. The van der Waals surface area contributed by atoms with Crippen molar-refractivity contribution in [1.29, 1.82) is 0 Å². The van der Waals surface area contributed by atoms with Gasteiger partial charge in [0, 0.05) is 19.0 Å². The summed E-state index contributed by atoms with van der Waals surface area (Å²) < 4.78 is 32.0. The largest absolute Gasteiger partial charge is 0.481 e. The van der Waals surface area contributed by atoms with Crippen molar-refractivity contribution in [1.82, 2.24) is 10.6 Å². The van der Waals surface area contributed by atoms with E-state index < -0.39 is 54.8 Å². The van der Waals surface area contributed by atoms with Crippen molar-refractivity contribution in [3.05, 3.63) is 59.7 Å². The Morgan fingerprint density at radius 3 is 2.15 bits per heavy atom. The molecular weight excluding hydrogens is 450 g/mol. The zero-order valence-electron chi connectivity index (χ0n) is 18.0. The van der Waals surface area contributed by atoms with Crippen molar-refractivity contribution in [3.8, 4) is 11.1 Å². The number of amides is 2. The number of ether oxygens (including phenoxy) is 1. The van der Waals surface area contributed by atoms with Gasteiger partial charge >= 0.3 is 12.1 Å². The smallest absolute Gasteiger partial charge is 0.407 e. The van der Waals surface area contributed by atoms with Gasteiger partial charge in [0.1, 0.15) is 12.5 Å². The van der Waals surface area contributed by atoms with Gasteiger partial charge in [0.05, 0.1) is 18.4 Å². The van der Waals surface area contributed by atoms with Crippen LogP contribution in [0.5, 0.6) is 0 Å². The van der Waals surface area contributed by atoms with Crippen LogP contribution in [0.3, 0.4) is 0 Å². The van der Waals surface area contributed by atoms with Crippen LogP contribution in [0.15, 0.2) is 48.5 Å². The summed E-state index contributed by atoms with van der Waals surface area (Å²) in [6.45, 7) is -0.687. The Labute approximate surface area is 193 Å². The number of fused-ring (bicyclic) bond motifs is 3. The van der Waals surface area contributed by atoms with E-state index in [0.717, 1.165) is 22.3 Å². The van der Waals surface area contributed by atoms with E-state index in [-0.39, 0.29) is 19.1 Å². The minimum Gasteiger partial charge on any atom is -0.481 e. The van der Waals surface area contributed by atoms with E-state index in [4.69, 9.17) is 9.84 Å². The SMILES string of the molecule is O=C(CC(O)CNC(=O)OCC1c2ccccc2-c2ccccc21)NC[C@@H]1[C@H](C(=O)O)C1(F)F. The Balaban J connectivity index is 1.20. The Hall–Kier alpha value is -3.53. The minimum atomic E-state index is -3.36. The third-order valence-electron chi connectivity index (χ3n) is 6.23. The van der Waals surface area contributed by atoms with Crippen molar-refractivity contribution in [2.75, 3.05) is 19.7 Å². The van der Waals surface area contributed by atoms with Crippen LogP contribution in [0.4, 0.5) is 13.6 Å². The first-order valence-corrected chi connectivity index (χ1v) is 10.8. The fourth-order valence-corrected chi connectivity index (χ4v) is 4.41. The van der Waals surface area contributed by atoms with Crippen molar-refractivity contribution >= 4 is 18.0 Å². The average Bonchev–Trinajstić information content (AvgIpc) is 3.22. The average molecular weight is 474 g/mol. The number of hydrogen-bond acceptors (Lipinski definition) is 5. The molecule has 0 heterocycles. The molecule has 3 atom stereocenters. The summed E-state index contributed by atoms with van der Waals surface area (Å²) >= 11 is 0. The van der Waals surface area contributed by atoms with E-state index in [0.29, 0.717) is 0 Å². The molecule has 2 aliphatic carbocycles. The molecule has 4 rings (SSSR count). The molecule has 2 aromatic carbocycles. The maximum atomic E-state index is 13.3. The molecule has 180 valence electrons. The van der Waals surface area contributed by atoms with Crippen LogP contribution in [0.2, 0.25) is 0 Å². The summed E-state index contributed by atoms with van der Waals surface area (Å²) in [7, 11) is 0. The second-order valence-electron chi connectivity index (χ2n) is 8.47. The van der Waals surface area contributed by atoms with Gasteiger partial charge in [0.15, 0.2) is 0 Å². The molecule has 0 aromatic heterocycles. The lowest BCUT2D eigenvalue weighted by Crippen LogP contribution is -2.37. The van der Waals surface area contributed by atoms with Crippen LogP contribution >= 0.6 is 0 Å². The van der Waals surface area contributed by atoms with Crippen LogP contribution in [0.25, 0.3) is 11.1 Å². The second-order valence-corrected chi connectivity index (χ2v) is 8.47. The maximum Gasteiger partial charge on any atom is 0.407 e. The zero-order valence-corrected chi connectivity index (χ0v) is 18.0. The molecular formula is C24H24F2N2O6. The van der Waals surface area contributed by atoms with E-state index in [1.165, 1.54) is 0 Å². The number of carbonyl (C=O) groups excluding carboxylic acids is 2. The van der Waals surface area contributed by atoms with E-state index >= 15 is 0 Å². The van der Waals surface area contributed by atoms with Gasteiger partial charge in [-0.3, -0.25) is 9.59 Å². The number of aliphatic carboxylic acids is 1. The van der Waals surface area contributed by atoms with Crippen molar-refractivity contribution in [3.63, 3.8) is 0 Å². The standard InChI is InChI=1S/C24H24F2N2O6/c25-24(26)19(21(24)22(31)32)11-27-20(30)9-13(29)10-28-23(33)34-12-18-16-7-3-1-5-14(16)15-6-2-4-8-17(15)18/h1-8,13,18-19,21,29H,9-12H2,(H,27,30)(H,28,33)(H,31,32)/t13?,19-,21-/m1/s1. The number of nitrogens with one attached hydrogen (secondary N) is 2. The number of alkyl carbamates (subject to hydrolysis) is 1. The molecule has 0 spiro atoms. The zero-order chi connectivity index (χ0) is 24.5. The third-order valence-corrected chi connectivity index (χ3v) is 6.23. The summed E-state index contributed by atoms with van der Waals surface area (Å²) in [6, 6.07) is 15.7. The summed E-state index contributed by atoms with van der Waals surface area (Å²) in [5, 5.41) is 23.3. The number of benzene rings is 2. The van der Waals surface area contributed by atoms with E-state index in [9.17, 15) is 28.3 Å². The molecule has 0 saturated heterocycles. The first-order valence-electron chi connectivity index (χ1n) is 10.8. The molecule has 1 fully saturated rings. The highest BCUT2D eigenvalue weighted by Crippen LogP contribution is 2.54. The third kappa shape index (κ3) is 4.72. The summed E-state index contributed by atoms with van der Waals surface area (Å²) in [5.41, 5.74) is 4.29. The second kappa shape index (κ2) is 9.38. The molecule has 4 N–H and O–H groups in total. The number of hydrogen-bond donors (Lipinski definition) is 4. The van der Waals surface area contributed by atoms with Gasteiger partial charge in [-0.1, -0.05) is 48.5 Å². The van der Waals surface area contributed by atoms with Crippen LogP contribution in [-0.2, 0) is 14.3 Å². The molecule has 0 radical (unpaired) electrons. The number of carboxylic acids is 1. The van der Waals surface area contributed by atoms with E-state index in [1.54, 1.807) is 0 Å². The molecule has 10 heteroatoms. The molecule has 0 aliphatic heterocycles. The molecule has 0 bridgehead atoms. The maximum absolute atomic E-state index is 13.3. The van der Waals surface area contributed by atoms with Crippen molar-refractivity contribution in [2.45, 2.75) is 24.4 Å². The van der Waals surface area contributed by atoms with Gasteiger partial charge in [-0.2, -0.15) is 0 Å². The van der Waals surface area contributed by atoms with Crippen LogP contribution < -0.4 is 10.6 Å².